The van der Waals surface area contributed by atoms with Gasteiger partial charge in [0.05, 0.1) is 6.61 Å². The van der Waals surface area contributed by atoms with Crippen LogP contribution in [0.2, 0.25) is 0 Å². The highest BCUT2D eigenvalue weighted by molar-refractivity contribution is 5.84. The largest absolute Gasteiger partial charge is 0.395 e. The molecule has 134 valence electrons. The number of hydrogen-bond acceptors (Lipinski definition) is 2. The molecule has 0 fully saturated rings. The van der Waals surface area contributed by atoms with E-state index in [0.29, 0.717) is 0 Å². The first-order valence-corrected chi connectivity index (χ1v) is 9.28. The van der Waals surface area contributed by atoms with E-state index in [-0.39, 0.29) is 12.4 Å². The van der Waals surface area contributed by atoms with Crippen molar-refractivity contribution in [3.8, 4) is 0 Å². The Morgan fingerprint density at radius 2 is 1.88 bits per heavy atom. The van der Waals surface area contributed by atoms with Crippen LogP contribution in [0.4, 0.5) is 4.39 Å². The molecule has 2 nitrogen and oxygen atoms in total. The van der Waals surface area contributed by atoms with Crippen LogP contribution in [0.1, 0.15) is 24.0 Å². The Labute approximate surface area is 153 Å². The van der Waals surface area contributed by atoms with Gasteiger partial charge < -0.3 is 5.11 Å². The van der Waals surface area contributed by atoms with Crippen LogP contribution in [0.3, 0.4) is 0 Å². The van der Waals surface area contributed by atoms with Crippen molar-refractivity contribution >= 4 is 11.1 Å². The van der Waals surface area contributed by atoms with Crippen LogP contribution in [0.5, 0.6) is 0 Å². The standard InChI is InChI=1S/C23H24FNO/c1-16-3-2-4-20-21(18-9-11-25(12-10-18)13-14-26)15-22(23(16)20)17-5-7-19(24)8-6-17/h2-9,26H,10-15H2,1H3. The summed E-state index contributed by atoms with van der Waals surface area (Å²) in [5.74, 6) is -0.194. The summed E-state index contributed by atoms with van der Waals surface area (Å²) >= 11 is 0. The molecule has 1 N–H and O–H groups in total. The molecule has 0 bridgehead atoms. The maximum absolute atomic E-state index is 13.4. The summed E-state index contributed by atoms with van der Waals surface area (Å²) in [6.07, 6.45) is 4.23. The highest BCUT2D eigenvalue weighted by atomic mass is 19.1. The molecule has 0 saturated heterocycles. The first kappa shape index (κ1) is 17.2. The molecule has 0 spiro atoms. The molecule has 0 saturated carbocycles. The van der Waals surface area contributed by atoms with Crippen molar-refractivity contribution < 1.29 is 9.50 Å². The summed E-state index contributed by atoms with van der Waals surface area (Å²) in [6.45, 7) is 4.99. The van der Waals surface area contributed by atoms with Gasteiger partial charge in [-0.1, -0.05) is 36.4 Å². The predicted molar refractivity (Wildman–Crippen MR) is 104 cm³/mol. The molecule has 1 aliphatic heterocycles. The lowest BCUT2D eigenvalue weighted by Gasteiger charge is -2.26. The Balaban J connectivity index is 1.80. The Kier molecular flexibility index (Phi) is 4.75. The van der Waals surface area contributed by atoms with Crippen LogP contribution in [0.25, 0.3) is 11.1 Å². The van der Waals surface area contributed by atoms with Gasteiger partial charge in [0.15, 0.2) is 0 Å². The summed E-state index contributed by atoms with van der Waals surface area (Å²) in [5, 5.41) is 11.8. The fraction of sp³-hybridized carbons (Fsp3) is 0.304. The molecular weight excluding hydrogens is 325 g/mol. The fourth-order valence-electron chi connectivity index (χ4n) is 4.19. The summed E-state index contributed by atoms with van der Waals surface area (Å²) < 4.78 is 13.4. The van der Waals surface area contributed by atoms with E-state index in [1.54, 1.807) is 12.1 Å². The Morgan fingerprint density at radius 1 is 1.08 bits per heavy atom. The number of aliphatic hydroxyl groups excluding tert-OH is 1. The van der Waals surface area contributed by atoms with E-state index in [2.05, 4.69) is 36.1 Å². The molecule has 0 aromatic heterocycles. The van der Waals surface area contributed by atoms with E-state index in [9.17, 15) is 4.39 Å². The Bertz CT molecular complexity index is 972. The van der Waals surface area contributed by atoms with Crippen molar-refractivity contribution in [2.75, 3.05) is 26.2 Å². The molecule has 1 aliphatic carbocycles. The number of fused-ring (bicyclic) bond motifs is 1. The van der Waals surface area contributed by atoms with Gasteiger partial charge in [0.25, 0.3) is 0 Å². The second-order valence-corrected chi connectivity index (χ2v) is 7.14. The summed E-state index contributed by atoms with van der Waals surface area (Å²) in [6, 6.07) is 13.4. The number of aryl methyl sites for hydroxylation is 1. The molecule has 0 unspecified atom stereocenters. The number of aliphatic hydroxyl groups is 1. The minimum absolute atomic E-state index is 0.194. The molecule has 4 rings (SSSR count). The number of hydrogen-bond donors (Lipinski definition) is 1. The molecule has 2 aliphatic rings. The molecule has 0 atom stereocenters. The molecule has 0 radical (unpaired) electrons. The van der Waals surface area contributed by atoms with E-state index >= 15 is 0 Å². The fourth-order valence-corrected chi connectivity index (χ4v) is 4.19. The van der Waals surface area contributed by atoms with Gasteiger partial charge in [0, 0.05) is 19.6 Å². The zero-order chi connectivity index (χ0) is 18.1. The van der Waals surface area contributed by atoms with Gasteiger partial charge in [-0.05, 0) is 70.2 Å². The average Bonchev–Trinajstić information content (AvgIpc) is 3.04. The third-order valence-corrected chi connectivity index (χ3v) is 5.54. The third kappa shape index (κ3) is 3.13. The van der Waals surface area contributed by atoms with E-state index in [1.165, 1.54) is 32.7 Å². The van der Waals surface area contributed by atoms with Crippen LogP contribution >= 0.6 is 0 Å². The number of rotatable bonds is 4. The van der Waals surface area contributed by atoms with E-state index in [4.69, 9.17) is 5.11 Å². The number of nitrogens with zero attached hydrogens (tertiary/aromatic N) is 1. The van der Waals surface area contributed by atoms with Crippen LogP contribution in [-0.2, 0) is 0 Å². The van der Waals surface area contributed by atoms with Crippen molar-refractivity contribution in [3.63, 3.8) is 0 Å². The molecule has 26 heavy (non-hydrogen) atoms. The molecule has 0 amide bonds. The van der Waals surface area contributed by atoms with E-state index < -0.39 is 0 Å². The first-order chi connectivity index (χ1) is 12.7. The normalized spacial score (nSPS) is 17.4. The molecule has 2 aromatic carbocycles. The van der Waals surface area contributed by atoms with Crippen molar-refractivity contribution in [1.29, 1.82) is 0 Å². The zero-order valence-electron chi connectivity index (χ0n) is 15.1. The molecule has 2 aromatic rings. The van der Waals surface area contributed by atoms with Gasteiger partial charge in [0.1, 0.15) is 5.82 Å². The predicted octanol–water partition coefficient (Wildman–Crippen LogP) is 2.51. The van der Waals surface area contributed by atoms with Gasteiger partial charge >= 0.3 is 0 Å². The van der Waals surface area contributed by atoms with Crippen molar-refractivity contribution in [3.05, 3.63) is 81.5 Å². The maximum Gasteiger partial charge on any atom is 0.123 e. The van der Waals surface area contributed by atoms with Crippen LogP contribution in [0.15, 0.2) is 54.1 Å². The molecular formula is C23H24FNO. The Hall–Kier alpha value is -2.23. The summed E-state index contributed by atoms with van der Waals surface area (Å²) in [7, 11) is 0. The lowest BCUT2D eigenvalue weighted by molar-refractivity contribution is 0.205. The van der Waals surface area contributed by atoms with Gasteiger partial charge in [0.2, 0.25) is 0 Å². The second-order valence-electron chi connectivity index (χ2n) is 7.14. The summed E-state index contributed by atoms with van der Waals surface area (Å²) in [5.41, 5.74) is 6.51. The minimum atomic E-state index is -0.194. The van der Waals surface area contributed by atoms with E-state index in [0.717, 1.165) is 38.0 Å². The lowest BCUT2D eigenvalue weighted by Crippen LogP contribution is -2.32. The zero-order valence-corrected chi connectivity index (χ0v) is 15.1. The van der Waals surface area contributed by atoms with Crippen molar-refractivity contribution in [1.82, 2.24) is 4.90 Å². The van der Waals surface area contributed by atoms with Crippen LogP contribution in [0, 0.1) is 12.7 Å². The average molecular weight is 349 g/mol. The smallest absolute Gasteiger partial charge is 0.123 e. The third-order valence-electron chi connectivity index (χ3n) is 5.54. The summed E-state index contributed by atoms with van der Waals surface area (Å²) in [4.78, 5) is 2.28. The SMILES string of the molecule is Cc1cccc2c1=C(c1ccc(F)cc1)CC=2C1=CCN(CCO)CC1. The number of benzene rings is 2. The molecule has 3 heteroatoms. The molecule has 1 heterocycles. The van der Waals surface area contributed by atoms with Gasteiger partial charge in [-0.15, -0.1) is 0 Å². The van der Waals surface area contributed by atoms with Gasteiger partial charge in [-0.25, -0.2) is 4.39 Å². The van der Waals surface area contributed by atoms with Crippen molar-refractivity contribution in [2.45, 2.75) is 19.8 Å². The van der Waals surface area contributed by atoms with Crippen molar-refractivity contribution in [2.24, 2.45) is 0 Å². The number of β-amino-alcohol motifs (C(OH)–C–C–N with tert-alkyl or cyclic N) is 1. The quantitative estimate of drug-likeness (QED) is 0.917. The first-order valence-electron chi connectivity index (χ1n) is 9.28. The van der Waals surface area contributed by atoms with E-state index in [1.807, 2.05) is 12.1 Å². The van der Waals surface area contributed by atoms with Crippen LogP contribution < -0.4 is 10.4 Å². The van der Waals surface area contributed by atoms with Crippen LogP contribution in [-0.4, -0.2) is 36.2 Å². The number of halogens is 1. The van der Waals surface area contributed by atoms with Gasteiger partial charge in [-0.3, -0.25) is 4.90 Å². The minimum Gasteiger partial charge on any atom is -0.395 e. The monoisotopic (exact) mass is 349 g/mol. The second kappa shape index (κ2) is 7.18. The highest BCUT2D eigenvalue weighted by Crippen LogP contribution is 2.30. The lowest BCUT2D eigenvalue weighted by atomic mass is 9.94. The topological polar surface area (TPSA) is 23.5 Å². The highest BCUT2D eigenvalue weighted by Gasteiger charge is 2.21. The Morgan fingerprint density at radius 3 is 2.58 bits per heavy atom. The van der Waals surface area contributed by atoms with Gasteiger partial charge in [-0.2, -0.15) is 0 Å². The maximum atomic E-state index is 13.4.